The first kappa shape index (κ1) is 12.3. The van der Waals surface area contributed by atoms with Crippen LogP contribution >= 0.6 is 22.9 Å². The minimum Gasteiger partial charge on any atom is -0.314 e. The van der Waals surface area contributed by atoms with Crippen LogP contribution in [0.2, 0.25) is 4.34 Å². The Morgan fingerprint density at radius 2 is 2.38 bits per heavy atom. The molecule has 0 amide bonds. The van der Waals surface area contributed by atoms with Crippen molar-refractivity contribution in [1.82, 2.24) is 5.32 Å². The standard InChI is InChI=1S/C12H17ClFNS/c1-12(14,10-5-6-11(13)16-10)8-9-4-2-3-7-15-9/h5-6,9,15H,2-4,7-8H2,1H3. The average molecular weight is 262 g/mol. The van der Waals surface area contributed by atoms with Gasteiger partial charge >= 0.3 is 0 Å². The lowest BCUT2D eigenvalue weighted by Crippen LogP contribution is -2.38. The summed E-state index contributed by atoms with van der Waals surface area (Å²) in [5.41, 5.74) is -1.26. The third-order valence-corrected chi connectivity index (χ3v) is 4.60. The minimum absolute atomic E-state index is 0.310. The van der Waals surface area contributed by atoms with Crippen LogP contribution in [0.25, 0.3) is 0 Å². The van der Waals surface area contributed by atoms with Gasteiger partial charge in [-0.25, -0.2) is 4.39 Å². The number of alkyl halides is 1. The third-order valence-electron chi connectivity index (χ3n) is 3.13. The summed E-state index contributed by atoms with van der Waals surface area (Å²) in [6, 6.07) is 3.88. The molecule has 2 heterocycles. The van der Waals surface area contributed by atoms with Crippen LogP contribution in [0.3, 0.4) is 0 Å². The van der Waals surface area contributed by atoms with Crippen molar-refractivity contribution in [2.45, 2.75) is 44.3 Å². The number of rotatable bonds is 3. The first-order valence-corrected chi connectivity index (χ1v) is 6.95. The highest BCUT2D eigenvalue weighted by Crippen LogP contribution is 2.38. The van der Waals surface area contributed by atoms with Crippen molar-refractivity contribution >= 4 is 22.9 Å². The maximum absolute atomic E-state index is 14.5. The molecule has 1 saturated heterocycles. The zero-order valence-electron chi connectivity index (χ0n) is 9.43. The van der Waals surface area contributed by atoms with Crippen molar-refractivity contribution in [3.8, 4) is 0 Å². The number of piperidine rings is 1. The summed E-state index contributed by atoms with van der Waals surface area (Å²) in [6.07, 6.45) is 4.05. The Kier molecular flexibility index (Phi) is 3.88. The third kappa shape index (κ3) is 2.96. The molecule has 16 heavy (non-hydrogen) atoms. The summed E-state index contributed by atoms with van der Waals surface area (Å²) >= 11 is 7.19. The van der Waals surface area contributed by atoms with Gasteiger partial charge in [0.25, 0.3) is 0 Å². The Morgan fingerprint density at radius 3 is 2.94 bits per heavy atom. The number of nitrogens with one attached hydrogen (secondary N) is 1. The van der Waals surface area contributed by atoms with E-state index in [4.69, 9.17) is 11.6 Å². The van der Waals surface area contributed by atoms with E-state index in [9.17, 15) is 4.39 Å². The van der Waals surface area contributed by atoms with Crippen LogP contribution in [0.5, 0.6) is 0 Å². The van der Waals surface area contributed by atoms with E-state index in [1.165, 1.54) is 24.2 Å². The Balaban J connectivity index is 2.01. The van der Waals surface area contributed by atoms with E-state index in [1.54, 1.807) is 19.1 Å². The van der Waals surface area contributed by atoms with Crippen LogP contribution in [0.15, 0.2) is 12.1 Å². The van der Waals surface area contributed by atoms with Crippen LogP contribution < -0.4 is 5.32 Å². The van der Waals surface area contributed by atoms with Gasteiger partial charge in [0, 0.05) is 17.3 Å². The first-order valence-electron chi connectivity index (χ1n) is 5.76. The summed E-state index contributed by atoms with van der Waals surface area (Å²) < 4.78 is 15.2. The van der Waals surface area contributed by atoms with Crippen molar-refractivity contribution in [2.75, 3.05) is 6.54 Å². The Morgan fingerprint density at radius 1 is 1.56 bits per heavy atom. The molecule has 1 N–H and O–H groups in total. The Bertz CT molecular complexity index is 345. The Labute approximate surface area is 105 Å². The maximum atomic E-state index is 14.5. The van der Waals surface area contributed by atoms with E-state index in [2.05, 4.69) is 5.32 Å². The van der Waals surface area contributed by atoms with Crippen molar-refractivity contribution < 1.29 is 4.39 Å². The minimum atomic E-state index is -1.26. The number of halogens is 2. The number of thiophene rings is 1. The van der Waals surface area contributed by atoms with E-state index >= 15 is 0 Å². The normalized spacial score (nSPS) is 25.3. The first-order chi connectivity index (χ1) is 7.58. The molecule has 0 saturated carbocycles. The molecule has 4 heteroatoms. The summed E-state index contributed by atoms with van der Waals surface area (Å²) in [6.45, 7) is 2.68. The fraction of sp³-hybridized carbons (Fsp3) is 0.667. The zero-order chi connectivity index (χ0) is 11.6. The van der Waals surface area contributed by atoms with E-state index in [0.717, 1.165) is 17.8 Å². The van der Waals surface area contributed by atoms with E-state index in [0.29, 0.717) is 16.8 Å². The van der Waals surface area contributed by atoms with Crippen molar-refractivity contribution in [3.63, 3.8) is 0 Å². The zero-order valence-corrected chi connectivity index (χ0v) is 11.0. The highest BCUT2D eigenvalue weighted by Gasteiger charge is 2.31. The smallest absolute Gasteiger partial charge is 0.143 e. The predicted octanol–water partition coefficient (Wildman–Crippen LogP) is 4.12. The topological polar surface area (TPSA) is 12.0 Å². The molecular formula is C12H17ClFNS. The quantitative estimate of drug-likeness (QED) is 0.863. The van der Waals surface area contributed by atoms with Crippen molar-refractivity contribution in [1.29, 1.82) is 0 Å². The average Bonchev–Trinajstić information content (AvgIpc) is 2.66. The molecule has 1 nitrogen and oxygen atoms in total. The SMILES string of the molecule is CC(F)(CC1CCCCN1)c1ccc(Cl)s1. The molecular weight excluding hydrogens is 245 g/mol. The molecule has 2 atom stereocenters. The summed E-state index contributed by atoms with van der Waals surface area (Å²) in [7, 11) is 0. The molecule has 1 aromatic rings. The fourth-order valence-electron chi connectivity index (χ4n) is 2.26. The van der Waals surface area contributed by atoms with E-state index < -0.39 is 5.67 Å². The molecule has 0 bridgehead atoms. The lowest BCUT2D eigenvalue weighted by molar-refractivity contribution is 0.150. The van der Waals surface area contributed by atoms with Gasteiger partial charge in [0.05, 0.1) is 4.34 Å². The van der Waals surface area contributed by atoms with Gasteiger partial charge in [-0.3, -0.25) is 0 Å². The molecule has 2 unspecified atom stereocenters. The van der Waals surface area contributed by atoms with Gasteiger partial charge in [0.15, 0.2) is 0 Å². The lowest BCUT2D eigenvalue weighted by Gasteiger charge is -2.29. The molecule has 2 rings (SSSR count). The van der Waals surface area contributed by atoms with Gasteiger partial charge in [-0.1, -0.05) is 18.0 Å². The second-order valence-corrected chi connectivity index (χ2v) is 6.37. The molecule has 0 spiro atoms. The van der Waals surface area contributed by atoms with Crippen LogP contribution in [0, 0.1) is 0 Å². The van der Waals surface area contributed by atoms with Gasteiger partial charge in [0.2, 0.25) is 0 Å². The van der Waals surface area contributed by atoms with Gasteiger partial charge < -0.3 is 5.32 Å². The monoisotopic (exact) mass is 261 g/mol. The molecule has 1 aliphatic heterocycles. The van der Waals surface area contributed by atoms with Crippen LogP contribution in [-0.2, 0) is 5.67 Å². The predicted molar refractivity (Wildman–Crippen MR) is 68.0 cm³/mol. The summed E-state index contributed by atoms with van der Waals surface area (Å²) in [5, 5.41) is 3.38. The molecule has 0 aromatic carbocycles. The van der Waals surface area contributed by atoms with Gasteiger partial charge in [-0.05, 0) is 38.4 Å². The molecule has 90 valence electrons. The molecule has 0 radical (unpaired) electrons. The lowest BCUT2D eigenvalue weighted by atomic mass is 9.92. The molecule has 1 aromatic heterocycles. The molecule has 0 aliphatic carbocycles. The van der Waals surface area contributed by atoms with Crippen LogP contribution in [-0.4, -0.2) is 12.6 Å². The largest absolute Gasteiger partial charge is 0.314 e. The Hall–Kier alpha value is -0.120. The summed E-state index contributed by atoms with van der Waals surface area (Å²) in [4.78, 5) is 0.741. The molecule has 1 aliphatic rings. The van der Waals surface area contributed by atoms with E-state index in [-0.39, 0.29) is 0 Å². The van der Waals surface area contributed by atoms with Crippen molar-refractivity contribution in [3.05, 3.63) is 21.3 Å². The maximum Gasteiger partial charge on any atom is 0.143 e. The van der Waals surface area contributed by atoms with Crippen LogP contribution in [0.1, 0.15) is 37.5 Å². The second-order valence-electron chi connectivity index (χ2n) is 4.65. The van der Waals surface area contributed by atoms with E-state index in [1.807, 2.05) is 0 Å². The molecule has 1 fully saturated rings. The van der Waals surface area contributed by atoms with Crippen molar-refractivity contribution in [2.24, 2.45) is 0 Å². The highest BCUT2D eigenvalue weighted by molar-refractivity contribution is 7.16. The summed E-state index contributed by atoms with van der Waals surface area (Å²) in [5.74, 6) is 0. The number of hydrogen-bond acceptors (Lipinski definition) is 2. The van der Waals surface area contributed by atoms with Crippen LogP contribution in [0.4, 0.5) is 4.39 Å². The van der Waals surface area contributed by atoms with Gasteiger partial charge in [0.1, 0.15) is 5.67 Å². The highest BCUT2D eigenvalue weighted by atomic mass is 35.5. The fourth-order valence-corrected chi connectivity index (χ4v) is 3.35. The van der Waals surface area contributed by atoms with Gasteiger partial charge in [-0.2, -0.15) is 0 Å². The number of hydrogen-bond donors (Lipinski definition) is 1. The second kappa shape index (κ2) is 5.03. The van der Waals surface area contributed by atoms with Gasteiger partial charge in [-0.15, -0.1) is 11.3 Å².